The van der Waals surface area contributed by atoms with E-state index in [9.17, 15) is 4.79 Å². The zero-order valence-electron chi connectivity index (χ0n) is 11.9. The van der Waals surface area contributed by atoms with E-state index in [1.54, 1.807) is 31.5 Å². The van der Waals surface area contributed by atoms with Gasteiger partial charge < -0.3 is 19.6 Å². The molecule has 0 aliphatic carbocycles. The van der Waals surface area contributed by atoms with Gasteiger partial charge in [-0.05, 0) is 25.1 Å². The molecule has 0 saturated heterocycles. The van der Waals surface area contributed by atoms with E-state index in [4.69, 9.17) is 8.94 Å². The van der Waals surface area contributed by atoms with Crippen molar-refractivity contribution in [3.63, 3.8) is 0 Å². The number of carbonyl (C=O) groups excluding carboxylic acids is 1. The van der Waals surface area contributed by atoms with Crippen molar-refractivity contribution < 1.29 is 13.7 Å². The summed E-state index contributed by atoms with van der Waals surface area (Å²) < 4.78 is 10.1. The zero-order chi connectivity index (χ0) is 15.4. The number of rotatable bonds is 5. The molecule has 2 N–H and O–H groups in total. The van der Waals surface area contributed by atoms with Gasteiger partial charge in [0.15, 0.2) is 5.82 Å². The number of aryl methyl sites for hydroxylation is 1. The van der Waals surface area contributed by atoms with E-state index in [0.717, 1.165) is 11.4 Å². The summed E-state index contributed by atoms with van der Waals surface area (Å²) in [7, 11) is 0. The highest BCUT2D eigenvalue weighted by molar-refractivity contribution is 6.04. The number of anilines is 2. The van der Waals surface area contributed by atoms with Crippen LogP contribution in [-0.4, -0.2) is 16.0 Å². The van der Waals surface area contributed by atoms with Gasteiger partial charge in [0, 0.05) is 18.5 Å². The summed E-state index contributed by atoms with van der Waals surface area (Å²) >= 11 is 0. The van der Waals surface area contributed by atoms with E-state index >= 15 is 0 Å². The average molecular weight is 298 g/mol. The van der Waals surface area contributed by atoms with Crippen LogP contribution in [0, 0.1) is 6.92 Å². The summed E-state index contributed by atoms with van der Waals surface area (Å²) in [5.41, 5.74) is 1.14. The van der Waals surface area contributed by atoms with Crippen LogP contribution in [0.1, 0.15) is 21.9 Å². The van der Waals surface area contributed by atoms with Crippen LogP contribution in [0.5, 0.6) is 0 Å². The third-order valence-corrected chi connectivity index (χ3v) is 2.92. The molecule has 112 valence electrons. The number of hydrogen-bond acceptors (Lipinski definition) is 6. The lowest BCUT2D eigenvalue weighted by Crippen LogP contribution is -2.13. The number of amides is 1. The predicted molar refractivity (Wildman–Crippen MR) is 79.5 cm³/mol. The summed E-state index contributed by atoms with van der Waals surface area (Å²) in [6, 6.07) is 7.03. The Morgan fingerprint density at radius 2 is 2.23 bits per heavy atom. The van der Waals surface area contributed by atoms with Crippen LogP contribution in [0.25, 0.3) is 0 Å². The normalized spacial score (nSPS) is 10.4. The molecule has 1 amide bonds. The molecule has 7 heteroatoms. The summed E-state index contributed by atoms with van der Waals surface area (Å²) in [4.78, 5) is 16.2. The highest BCUT2D eigenvalue weighted by Gasteiger charge is 2.10. The number of hydrogen-bond donors (Lipinski definition) is 2. The number of carbonyl (C=O) groups is 1. The maximum Gasteiger partial charge on any atom is 0.258 e. The minimum absolute atomic E-state index is 0.303. The van der Waals surface area contributed by atoms with Gasteiger partial charge in [-0.3, -0.25) is 9.78 Å². The molecule has 3 rings (SSSR count). The van der Waals surface area contributed by atoms with Crippen LogP contribution in [-0.2, 0) is 6.54 Å². The summed E-state index contributed by atoms with van der Waals surface area (Å²) in [6.45, 7) is 2.27. The molecule has 0 fully saturated rings. The Balaban J connectivity index is 1.66. The Morgan fingerprint density at radius 3 is 2.95 bits per heavy atom. The predicted octanol–water partition coefficient (Wildman–Crippen LogP) is 2.84. The Hall–Kier alpha value is -3.09. The highest BCUT2D eigenvalue weighted by atomic mass is 16.5. The molecule has 0 unspecified atom stereocenters. The molecular weight excluding hydrogens is 284 g/mol. The van der Waals surface area contributed by atoms with Gasteiger partial charge in [-0.25, -0.2) is 0 Å². The van der Waals surface area contributed by atoms with Gasteiger partial charge in [-0.2, -0.15) is 0 Å². The zero-order valence-corrected chi connectivity index (χ0v) is 11.9. The Kier molecular flexibility index (Phi) is 3.86. The van der Waals surface area contributed by atoms with Crippen molar-refractivity contribution in [2.75, 3.05) is 10.6 Å². The lowest BCUT2D eigenvalue weighted by Gasteiger charge is -2.06. The second-order valence-corrected chi connectivity index (χ2v) is 4.67. The monoisotopic (exact) mass is 298 g/mol. The number of nitrogens with zero attached hydrogens (tertiary/aromatic N) is 2. The molecule has 0 aliphatic rings. The van der Waals surface area contributed by atoms with Gasteiger partial charge in [0.05, 0.1) is 24.1 Å². The van der Waals surface area contributed by atoms with Crippen LogP contribution < -0.4 is 10.6 Å². The van der Waals surface area contributed by atoms with Crippen molar-refractivity contribution in [3.05, 3.63) is 60.0 Å². The van der Waals surface area contributed by atoms with Crippen molar-refractivity contribution in [1.82, 2.24) is 10.1 Å². The fraction of sp³-hybridized carbons (Fsp3) is 0.133. The first-order valence-electron chi connectivity index (χ1n) is 6.67. The molecular formula is C15H14N4O3. The van der Waals surface area contributed by atoms with Crippen molar-refractivity contribution in [1.29, 1.82) is 0 Å². The third kappa shape index (κ3) is 3.32. The van der Waals surface area contributed by atoms with Crippen LogP contribution >= 0.6 is 0 Å². The van der Waals surface area contributed by atoms with Crippen molar-refractivity contribution in [2.45, 2.75) is 13.5 Å². The topological polar surface area (TPSA) is 93.2 Å². The quantitative estimate of drug-likeness (QED) is 0.752. The molecule has 0 radical (unpaired) electrons. The standard InChI is InChI=1S/C15H14N4O3/c1-10-5-14(19-22-10)18-15(20)11-6-12(8-16-7-11)17-9-13-3-2-4-21-13/h2-8,17H,9H2,1H3,(H,18,19,20). The SMILES string of the molecule is Cc1cc(NC(=O)c2cncc(NCc3ccco3)c2)no1. The maximum absolute atomic E-state index is 12.1. The molecule has 0 spiro atoms. The first-order chi connectivity index (χ1) is 10.7. The molecule has 0 atom stereocenters. The van der Waals surface area contributed by atoms with Gasteiger partial charge in [-0.15, -0.1) is 0 Å². The molecule has 7 nitrogen and oxygen atoms in total. The first-order valence-corrected chi connectivity index (χ1v) is 6.67. The van der Waals surface area contributed by atoms with Crippen LogP contribution in [0.2, 0.25) is 0 Å². The van der Waals surface area contributed by atoms with E-state index < -0.39 is 0 Å². The minimum Gasteiger partial charge on any atom is -0.467 e. The number of nitrogens with one attached hydrogen (secondary N) is 2. The molecule has 3 aromatic rings. The van der Waals surface area contributed by atoms with E-state index in [-0.39, 0.29) is 5.91 Å². The Bertz CT molecular complexity index is 765. The molecule has 0 aromatic carbocycles. The van der Waals surface area contributed by atoms with E-state index in [1.807, 2.05) is 12.1 Å². The lowest BCUT2D eigenvalue weighted by atomic mass is 10.2. The lowest BCUT2D eigenvalue weighted by molar-refractivity contribution is 0.102. The van der Waals surface area contributed by atoms with Gasteiger partial charge in [-0.1, -0.05) is 5.16 Å². The molecule has 3 heterocycles. The van der Waals surface area contributed by atoms with E-state index in [0.29, 0.717) is 23.7 Å². The molecule has 3 aromatic heterocycles. The number of furan rings is 1. The summed E-state index contributed by atoms with van der Waals surface area (Å²) in [5.74, 6) is 1.49. The molecule has 0 saturated carbocycles. The van der Waals surface area contributed by atoms with Crippen LogP contribution in [0.3, 0.4) is 0 Å². The maximum atomic E-state index is 12.1. The Morgan fingerprint density at radius 1 is 1.32 bits per heavy atom. The molecule has 0 bridgehead atoms. The first kappa shape index (κ1) is 13.9. The molecule has 22 heavy (non-hydrogen) atoms. The van der Waals surface area contributed by atoms with Gasteiger partial charge in [0.2, 0.25) is 0 Å². The summed E-state index contributed by atoms with van der Waals surface area (Å²) in [6.07, 6.45) is 4.74. The fourth-order valence-electron chi connectivity index (χ4n) is 1.88. The van der Waals surface area contributed by atoms with Gasteiger partial charge in [0.1, 0.15) is 11.5 Å². The molecule has 0 aliphatic heterocycles. The minimum atomic E-state index is -0.303. The Labute approximate surface area is 126 Å². The average Bonchev–Trinajstić information content (AvgIpc) is 3.17. The third-order valence-electron chi connectivity index (χ3n) is 2.92. The van der Waals surface area contributed by atoms with Crippen LogP contribution in [0.15, 0.2) is 51.9 Å². The van der Waals surface area contributed by atoms with E-state index in [2.05, 4.69) is 20.8 Å². The number of aromatic nitrogens is 2. The van der Waals surface area contributed by atoms with Gasteiger partial charge >= 0.3 is 0 Å². The van der Waals surface area contributed by atoms with E-state index in [1.165, 1.54) is 6.20 Å². The summed E-state index contributed by atoms with van der Waals surface area (Å²) in [5, 5.41) is 9.50. The second-order valence-electron chi connectivity index (χ2n) is 4.67. The van der Waals surface area contributed by atoms with Crippen LogP contribution in [0.4, 0.5) is 11.5 Å². The largest absolute Gasteiger partial charge is 0.467 e. The highest BCUT2D eigenvalue weighted by Crippen LogP contribution is 2.13. The fourth-order valence-corrected chi connectivity index (χ4v) is 1.88. The van der Waals surface area contributed by atoms with Crippen molar-refractivity contribution in [2.24, 2.45) is 0 Å². The van der Waals surface area contributed by atoms with Gasteiger partial charge in [0.25, 0.3) is 5.91 Å². The second kappa shape index (κ2) is 6.13. The smallest absolute Gasteiger partial charge is 0.258 e. The number of pyridine rings is 1. The van der Waals surface area contributed by atoms with Crippen molar-refractivity contribution >= 4 is 17.4 Å². The van der Waals surface area contributed by atoms with Crippen molar-refractivity contribution in [3.8, 4) is 0 Å².